The van der Waals surface area contributed by atoms with Crippen molar-refractivity contribution in [3.05, 3.63) is 65.7 Å². The van der Waals surface area contributed by atoms with E-state index in [1.807, 2.05) is 42.5 Å². The molecule has 0 bridgehead atoms. The zero-order valence-corrected chi connectivity index (χ0v) is 12.8. The van der Waals surface area contributed by atoms with E-state index in [0.29, 0.717) is 17.8 Å². The van der Waals surface area contributed by atoms with Gasteiger partial charge in [0.15, 0.2) is 0 Å². The van der Waals surface area contributed by atoms with Crippen LogP contribution in [0, 0.1) is 11.8 Å². The minimum atomic E-state index is -1.82. The molecule has 1 atom stereocenters. The Morgan fingerprint density at radius 3 is 2.57 bits per heavy atom. The Morgan fingerprint density at radius 2 is 1.83 bits per heavy atom. The number of hydrogen-bond acceptors (Lipinski definition) is 3. The number of benzene rings is 2. The van der Waals surface area contributed by atoms with Gasteiger partial charge in [0.2, 0.25) is 5.60 Å². The van der Waals surface area contributed by atoms with Gasteiger partial charge < -0.3 is 14.7 Å². The summed E-state index contributed by atoms with van der Waals surface area (Å²) in [6, 6.07) is 16.9. The summed E-state index contributed by atoms with van der Waals surface area (Å²) >= 11 is 0. The van der Waals surface area contributed by atoms with Crippen LogP contribution in [0.1, 0.15) is 11.1 Å². The average Bonchev–Trinajstić information content (AvgIpc) is 2.79. The van der Waals surface area contributed by atoms with Crippen LogP contribution in [-0.4, -0.2) is 24.7 Å². The van der Waals surface area contributed by atoms with Crippen molar-refractivity contribution in [2.24, 2.45) is 0 Å². The van der Waals surface area contributed by atoms with E-state index in [-0.39, 0.29) is 6.61 Å². The number of hydrogen-bond donors (Lipinski definition) is 1. The fraction of sp³-hybridized carbons (Fsp3) is 0.211. The van der Waals surface area contributed by atoms with Crippen LogP contribution in [0.2, 0.25) is 0 Å². The minimum Gasteiger partial charge on any atom is -0.372 e. The highest BCUT2D eigenvalue weighted by atomic mass is 16.5. The Morgan fingerprint density at radius 1 is 1.13 bits per heavy atom. The Labute approximate surface area is 135 Å². The highest BCUT2D eigenvalue weighted by molar-refractivity contribution is 6.08. The van der Waals surface area contributed by atoms with Gasteiger partial charge in [-0.25, -0.2) is 0 Å². The molecule has 1 heterocycles. The number of rotatable bonds is 3. The van der Waals surface area contributed by atoms with Gasteiger partial charge in [0.05, 0.1) is 12.2 Å². The van der Waals surface area contributed by atoms with Crippen molar-refractivity contribution >= 4 is 11.6 Å². The molecule has 2 aromatic carbocycles. The third-order valence-corrected chi connectivity index (χ3v) is 3.81. The van der Waals surface area contributed by atoms with E-state index in [4.69, 9.17) is 4.74 Å². The third-order valence-electron chi connectivity index (χ3n) is 3.81. The summed E-state index contributed by atoms with van der Waals surface area (Å²) in [5, 5.41) is 10.9. The number of para-hydroxylation sites is 1. The van der Waals surface area contributed by atoms with E-state index < -0.39 is 11.5 Å². The van der Waals surface area contributed by atoms with Crippen molar-refractivity contribution in [3.8, 4) is 11.8 Å². The van der Waals surface area contributed by atoms with Crippen LogP contribution in [0.5, 0.6) is 0 Å². The molecule has 1 N–H and O–H groups in total. The first-order chi connectivity index (χ1) is 11.2. The van der Waals surface area contributed by atoms with Crippen LogP contribution in [0.3, 0.4) is 0 Å². The molecule has 1 aliphatic rings. The normalized spacial score (nSPS) is 19.2. The topological polar surface area (TPSA) is 49.8 Å². The number of amides is 1. The summed E-state index contributed by atoms with van der Waals surface area (Å²) in [7, 11) is 1.52. The molecule has 3 rings (SSSR count). The smallest absolute Gasteiger partial charge is 0.276 e. The highest BCUT2D eigenvalue weighted by Crippen LogP contribution is 2.40. The Hall–Kier alpha value is -2.61. The molecule has 2 aromatic rings. The number of aliphatic hydroxyl groups is 1. The van der Waals surface area contributed by atoms with Crippen LogP contribution in [-0.2, 0) is 21.7 Å². The van der Waals surface area contributed by atoms with Crippen LogP contribution < -0.4 is 4.90 Å². The van der Waals surface area contributed by atoms with Gasteiger partial charge in [0.25, 0.3) is 5.91 Å². The molecule has 0 spiro atoms. The predicted octanol–water partition coefficient (Wildman–Crippen LogP) is 2.07. The Bertz CT molecular complexity index is 776. The summed E-state index contributed by atoms with van der Waals surface area (Å²) in [6.45, 7) is 0.557. The molecule has 1 aliphatic heterocycles. The van der Waals surface area contributed by atoms with E-state index in [0.717, 1.165) is 5.56 Å². The molecule has 4 nitrogen and oxygen atoms in total. The third kappa shape index (κ3) is 2.72. The van der Waals surface area contributed by atoms with Gasteiger partial charge in [0, 0.05) is 12.7 Å². The number of methoxy groups -OCH3 is 1. The molecular weight excluding hydrogens is 290 g/mol. The van der Waals surface area contributed by atoms with Gasteiger partial charge >= 0.3 is 0 Å². The molecule has 0 aliphatic carbocycles. The van der Waals surface area contributed by atoms with Crippen molar-refractivity contribution in [2.45, 2.75) is 12.1 Å². The number of fused-ring (bicyclic) bond motifs is 1. The highest BCUT2D eigenvalue weighted by Gasteiger charge is 2.48. The lowest BCUT2D eigenvalue weighted by molar-refractivity contribution is -0.130. The standard InChI is InChI=1S/C19H17NO3/c1-23-13-7-12-19(22)16-10-5-6-11-17(16)20(18(19)21)14-15-8-3-2-4-9-15/h2-6,8-11,22H,13-14H2,1H3. The molecule has 0 fully saturated rings. The predicted molar refractivity (Wildman–Crippen MR) is 87.6 cm³/mol. The molecule has 1 unspecified atom stereocenters. The van der Waals surface area contributed by atoms with Crippen molar-refractivity contribution in [1.82, 2.24) is 0 Å². The van der Waals surface area contributed by atoms with Crippen LogP contribution in [0.4, 0.5) is 5.69 Å². The van der Waals surface area contributed by atoms with E-state index >= 15 is 0 Å². The Kier molecular flexibility index (Phi) is 4.16. The van der Waals surface area contributed by atoms with E-state index in [2.05, 4.69) is 11.8 Å². The van der Waals surface area contributed by atoms with Crippen LogP contribution in [0.15, 0.2) is 54.6 Å². The number of carbonyl (C=O) groups is 1. The molecule has 4 heteroatoms. The van der Waals surface area contributed by atoms with Crippen molar-refractivity contribution in [2.75, 3.05) is 18.6 Å². The largest absolute Gasteiger partial charge is 0.372 e. The molecule has 0 saturated heterocycles. The molecule has 0 aromatic heterocycles. The first-order valence-electron chi connectivity index (χ1n) is 7.33. The monoisotopic (exact) mass is 307 g/mol. The second kappa shape index (κ2) is 6.25. The summed E-state index contributed by atoms with van der Waals surface area (Å²) < 4.78 is 4.88. The fourth-order valence-electron chi connectivity index (χ4n) is 2.71. The van der Waals surface area contributed by atoms with Gasteiger partial charge in [-0.05, 0) is 11.6 Å². The maximum absolute atomic E-state index is 12.8. The van der Waals surface area contributed by atoms with Crippen molar-refractivity contribution in [3.63, 3.8) is 0 Å². The number of ether oxygens (including phenoxy) is 1. The van der Waals surface area contributed by atoms with E-state index in [9.17, 15) is 9.90 Å². The Balaban J connectivity index is 2.00. The van der Waals surface area contributed by atoms with Gasteiger partial charge in [-0.1, -0.05) is 60.4 Å². The maximum atomic E-state index is 12.8. The van der Waals surface area contributed by atoms with Crippen molar-refractivity contribution in [1.29, 1.82) is 0 Å². The van der Waals surface area contributed by atoms with Gasteiger partial charge in [-0.3, -0.25) is 4.79 Å². The van der Waals surface area contributed by atoms with Crippen LogP contribution >= 0.6 is 0 Å². The minimum absolute atomic E-state index is 0.163. The number of anilines is 1. The fourth-order valence-corrected chi connectivity index (χ4v) is 2.71. The van der Waals surface area contributed by atoms with Crippen molar-refractivity contribution < 1.29 is 14.6 Å². The zero-order chi connectivity index (χ0) is 16.3. The molecule has 116 valence electrons. The lowest BCUT2D eigenvalue weighted by Gasteiger charge is -2.19. The molecule has 0 radical (unpaired) electrons. The number of carbonyl (C=O) groups excluding carboxylic acids is 1. The molecule has 0 saturated carbocycles. The molecule has 23 heavy (non-hydrogen) atoms. The first-order valence-corrected chi connectivity index (χ1v) is 7.33. The van der Waals surface area contributed by atoms with Gasteiger partial charge in [-0.15, -0.1) is 0 Å². The van der Waals surface area contributed by atoms with Gasteiger partial charge in [-0.2, -0.15) is 0 Å². The molecular formula is C19H17NO3. The summed E-state index contributed by atoms with van der Waals surface area (Å²) in [6.07, 6.45) is 0. The summed E-state index contributed by atoms with van der Waals surface area (Å²) in [5.74, 6) is 4.95. The second-order valence-electron chi connectivity index (χ2n) is 5.34. The quantitative estimate of drug-likeness (QED) is 0.883. The van der Waals surface area contributed by atoms with Crippen LogP contribution in [0.25, 0.3) is 0 Å². The SMILES string of the molecule is COCC#CC1(O)C(=O)N(Cc2ccccc2)c2ccccc21. The number of nitrogens with zero attached hydrogens (tertiary/aromatic N) is 1. The second-order valence-corrected chi connectivity index (χ2v) is 5.34. The zero-order valence-electron chi connectivity index (χ0n) is 12.8. The summed E-state index contributed by atoms with van der Waals surface area (Å²) in [4.78, 5) is 14.4. The maximum Gasteiger partial charge on any atom is 0.276 e. The average molecular weight is 307 g/mol. The van der Waals surface area contributed by atoms with E-state index in [1.165, 1.54) is 7.11 Å². The first kappa shape index (κ1) is 15.3. The molecule has 1 amide bonds. The van der Waals surface area contributed by atoms with Gasteiger partial charge in [0.1, 0.15) is 6.61 Å². The van der Waals surface area contributed by atoms with E-state index in [1.54, 1.807) is 17.0 Å². The lowest BCUT2D eigenvalue weighted by atomic mass is 9.96. The summed E-state index contributed by atoms with van der Waals surface area (Å²) in [5.41, 5.74) is 0.383. The lowest BCUT2D eigenvalue weighted by Crippen LogP contribution is -2.39.